The van der Waals surface area contributed by atoms with Crippen molar-refractivity contribution in [3.05, 3.63) is 59.7 Å². The van der Waals surface area contributed by atoms with Crippen molar-refractivity contribution < 1.29 is 19.4 Å². The SMILES string of the molecule is CC(N)C(=O)O.O=C1OCc2cccc(Sc3ccccc3)c21. The van der Waals surface area contributed by atoms with Gasteiger partial charge in [0.25, 0.3) is 0 Å². The molecule has 1 aliphatic heterocycles. The third-order valence-electron chi connectivity index (χ3n) is 3.04. The Morgan fingerprint density at radius 3 is 2.48 bits per heavy atom. The molecule has 2 aromatic carbocycles. The van der Waals surface area contributed by atoms with Crippen LogP contribution in [0.15, 0.2) is 58.3 Å². The second-order valence-corrected chi connectivity index (χ2v) is 6.02. The third-order valence-corrected chi connectivity index (χ3v) is 4.10. The number of carboxylic acid groups (broad SMARTS) is 1. The number of esters is 1. The molecule has 1 atom stereocenters. The highest BCUT2D eigenvalue weighted by atomic mass is 32.2. The van der Waals surface area contributed by atoms with E-state index in [1.165, 1.54) is 6.92 Å². The lowest BCUT2D eigenvalue weighted by atomic mass is 10.1. The van der Waals surface area contributed by atoms with Gasteiger partial charge in [-0.1, -0.05) is 42.1 Å². The van der Waals surface area contributed by atoms with Crippen molar-refractivity contribution >= 4 is 23.7 Å². The fourth-order valence-corrected chi connectivity index (χ4v) is 2.85. The second kappa shape index (κ2) is 7.80. The Kier molecular flexibility index (Phi) is 5.78. The van der Waals surface area contributed by atoms with E-state index in [1.54, 1.807) is 11.8 Å². The maximum absolute atomic E-state index is 11.6. The Labute approximate surface area is 138 Å². The summed E-state index contributed by atoms with van der Waals surface area (Å²) in [4.78, 5) is 23.3. The van der Waals surface area contributed by atoms with Crippen LogP contribution in [0.1, 0.15) is 22.8 Å². The molecule has 23 heavy (non-hydrogen) atoms. The molecule has 0 saturated heterocycles. The number of cyclic esters (lactones) is 1. The van der Waals surface area contributed by atoms with Crippen LogP contribution in [0.5, 0.6) is 0 Å². The number of carbonyl (C=O) groups is 2. The van der Waals surface area contributed by atoms with E-state index in [4.69, 9.17) is 15.6 Å². The summed E-state index contributed by atoms with van der Waals surface area (Å²) in [5, 5.41) is 7.87. The lowest BCUT2D eigenvalue weighted by Gasteiger charge is -2.04. The minimum absolute atomic E-state index is 0.209. The fourth-order valence-electron chi connectivity index (χ4n) is 1.84. The van der Waals surface area contributed by atoms with Crippen molar-refractivity contribution in [2.24, 2.45) is 5.73 Å². The van der Waals surface area contributed by atoms with Gasteiger partial charge in [0.05, 0.1) is 5.56 Å². The first-order valence-corrected chi connectivity index (χ1v) is 7.81. The van der Waals surface area contributed by atoms with Gasteiger partial charge in [-0.15, -0.1) is 0 Å². The fraction of sp³-hybridized carbons (Fsp3) is 0.176. The van der Waals surface area contributed by atoms with Crippen molar-refractivity contribution in [3.8, 4) is 0 Å². The lowest BCUT2D eigenvalue weighted by Crippen LogP contribution is -2.25. The van der Waals surface area contributed by atoms with E-state index in [9.17, 15) is 9.59 Å². The highest BCUT2D eigenvalue weighted by Gasteiger charge is 2.24. The van der Waals surface area contributed by atoms with Gasteiger partial charge in [-0.05, 0) is 25.1 Å². The zero-order valence-corrected chi connectivity index (χ0v) is 13.4. The van der Waals surface area contributed by atoms with Crippen LogP contribution in [0.4, 0.5) is 0 Å². The van der Waals surface area contributed by atoms with Crippen LogP contribution in [-0.4, -0.2) is 23.1 Å². The molecule has 1 heterocycles. The molecule has 1 unspecified atom stereocenters. The van der Waals surface area contributed by atoms with Gasteiger partial charge < -0.3 is 15.6 Å². The van der Waals surface area contributed by atoms with Crippen molar-refractivity contribution in [2.75, 3.05) is 0 Å². The lowest BCUT2D eigenvalue weighted by molar-refractivity contribution is -0.138. The van der Waals surface area contributed by atoms with Gasteiger partial charge in [0.15, 0.2) is 0 Å². The van der Waals surface area contributed by atoms with Gasteiger partial charge >= 0.3 is 11.9 Å². The maximum atomic E-state index is 11.6. The van der Waals surface area contributed by atoms with Crippen molar-refractivity contribution in [1.29, 1.82) is 0 Å². The molecule has 0 amide bonds. The van der Waals surface area contributed by atoms with Crippen molar-refractivity contribution in [1.82, 2.24) is 0 Å². The van der Waals surface area contributed by atoms with Crippen LogP contribution in [0, 0.1) is 0 Å². The van der Waals surface area contributed by atoms with Gasteiger partial charge in [0, 0.05) is 15.4 Å². The van der Waals surface area contributed by atoms with Crippen LogP contribution in [0.2, 0.25) is 0 Å². The molecule has 0 radical (unpaired) electrons. The van der Waals surface area contributed by atoms with E-state index in [-0.39, 0.29) is 5.97 Å². The highest BCUT2D eigenvalue weighted by Crippen LogP contribution is 2.34. The summed E-state index contributed by atoms with van der Waals surface area (Å²) in [6, 6.07) is 15.2. The Bertz CT molecular complexity index is 701. The second-order valence-electron chi connectivity index (χ2n) is 4.91. The summed E-state index contributed by atoms with van der Waals surface area (Å²) in [7, 11) is 0. The number of rotatable bonds is 3. The molecule has 6 heteroatoms. The molecule has 0 aromatic heterocycles. The predicted octanol–water partition coefficient (Wildman–Crippen LogP) is 2.93. The van der Waals surface area contributed by atoms with Crippen LogP contribution < -0.4 is 5.73 Å². The standard InChI is InChI=1S/C14H10O2S.C3H7NO2/c15-14-13-10(9-16-14)5-4-8-12(13)17-11-6-2-1-3-7-11;1-2(4)3(5)6/h1-8H,9H2;2H,4H2,1H3,(H,5,6). The minimum Gasteiger partial charge on any atom is -0.480 e. The van der Waals surface area contributed by atoms with Crippen LogP contribution in [-0.2, 0) is 16.1 Å². The van der Waals surface area contributed by atoms with E-state index in [2.05, 4.69) is 0 Å². The summed E-state index contributed by atoms with van der Waals surface area (Å²) < 4.78 is 5.05. The molecule has 0 fully saturated rings. The van der Waals surface area contributed by atoms with E-state index >= 15 is 0 Å². The molecule has 0 bridgehead atoms. The molecular weight excluding hydrogens is 314 g/mol. The number of carboxylic acids is 1. The molecular formula is C17H17NO4S. The number of carbonyl (C=O) groups excluding carboxylic acids is 1. The van der Waals surface area contributed by atoms with Crippen molar-refractivity contribution in [3.63, 3.8) is 0 Å². The normalized spacial score (nSPS) is 13.4. The van der Waals surface area contributed by atoms with Crippen molar-refractivity contribution in [2.45, 2.75) is 29.4 Å². The average Bonchev–Trinajstić information content (AvgIpc) is 2.91. The largest absolute Gasteiger partial charge is 0.480 e. The molecule has 3 rings (SSSR count). The summed E-state index contributed by atoms with van der Waals surface area (Å²) in [6.07, 6.45) is 0. The molecule has 0 aliphatic carbocycles. The number of aliphatic carboxylic acids is 1. The van der Waals surface area contributed by atoms with E-state index in [1.807, 2.05) is 48.5 Å². The molecule has 0 saturated carbocycles. The molecule has 1 aliphatic rings. The van der Waals surface area contributed by atoms with Gasteiger partial charge in [-0.25, -0.2) is 4.79 Å². The Hall–Kier alpha value is -2.31. The maximum Gasteiger partial charge on any atom is 0.340 e. The number of hydrogen-bond acceptors (Lipinski definition) is 5. The van der Waals surface area contributed by atoms with Crippen LogP contribution in [0.25, 0.3) is 0 Å². The molecule has 2 aromatic rings. The van der Waals surface area contributed by atoms with Crippen LogP contribution in [0.3, 0.4) is 0 Å². The molecule has 120 valence electrons. The summed E-state index contributed by atoms with van der Waals surface area (Å²) in [5.41, 5.74) is 6.54. The predicted molar refractivity (Wildman–Crippen MR) is 87.4 cm³/mol. The van der Waals surface area contributed by atoms with E-state index in [0.717, 1.165) is 20.9 Å². The van der Waals surface area contributed by atoms with Gasteiger partial charge in [0.2, 0.25) is 0 Å². The average molecular weight is 331 g/mol. The number of fused-ring (bicyclic) bond motifs is 1. The van der Waals surface area contributed by atoms with Gasteiger partial charge in [0.1, 0.15) is 12.6 Å². The van der Waals surface area contributed by atoms with E-state index < -0.39 is 12.0 Å². The zero-order chi connectivity index (χ0) is 16.8. The third kappa shape index (κ3) is 4.58. The number of hydrogen-bond donors (Lipinski definition) is 2. The summed E-state index contributed by atoms with van der Waals surface area (Å²) in [6.45, 7) is 1.82. The summed E-state index contributed by atoms with van der Waals surface area (Å²) >= 11 is 1.60. The number of nitrogens with two attached hydrogens (primary N) is 1. The Morgan fingerprint density at radius 1 is 1.22 bits per heavy atom. The first-order chi connectivity index (χ1) is 11.0. The Balaban J connectivity index is 0.000000277. The first-order valence-electron chi connectivity index (χ1n) is 6.99. The van der Waals surface area contributed by atoms with Gasteiger partial charge in [-0.3, -0.25) is 4.79 Å². The molecule has 3 N–H and O–H groups in total. The smallest absolute Gasteiger partial charge is 0.340 e. The van der Waals surface area contributed by atoms with Gasteiger partial charge in [-0.2, -0.15) is 0 Å². The zero-order valence-electron chi connectivity index (χ0n) is 12.6. The quantitative estimate of drug-likeness (QED) is 0.841. The number of benzene rings is 2. The topological polar surface area (TPSA) is 89.6 Å². The highest BCUT2D eigenvalue weighted by molar-refractivity contribution is 7.99. The minimum atomic E-state index is -0.963. The Morgan fingerprint density at radius 2 is 1.87 bits per heavy atom. The monoisotopic (exact) mass is 331 g/mol. The van der Waals surface area contributed by atoms with E-state index in [0.29, 0.717) is 6.61 Å². The van der Waals surface area contributed by atoms with Crippen LogP contribution >= 0.6 is 11.8 Å². The number of ether oxygens (including phenoxy) is 1. The first kappa shape index (κ1) is 17.1. The summed E-state index contributed by atoms with van der Waals surface area (Å²) in [5.74, 6) is -1.17. The molecule has 5 nitrogen and oxygen atoms in total. The molecule has 0 spiro atoms.